The van der Waals surface area contributed by atoms with Gasteiger partial charge in [-0.3, -0.25) is 0 Å². The fraction of sp³-hybridized carbons (Fsp3) is 0.0667. The maximum absolute atomic E-state index is 2.22. The van der Waals surface area contributed by atoms with Crippen molar-refractivity contribution in [2.75, 3.05) is 0 Å². The van der Waals surface area contributed by atoms with Crippen LogP contribution in [0.15, 0.2) is 53.4 Å². The Morgan fingerprint density at radius 2 is 1.44 bits per heavy atom. The number of rotatable bonds is 0. The van der Waals surface area contributed by atoms with Crippen molar-refractivity contribution in [1.82, 2.24) is 0 Å². The zero-order valence-electron chi connectivity index (χ0n) is 8.89. The number of fused-ring (bicyclic) bond motifs is 2. The SMILES string of the molecule is C1=C\c2ccccc2SCc2ccccc2/1. The Morgan fingerprint density at radius 1 is 0.750 bits per heavy atom. The van der Waals surface area contributed by atoms with E-state index < -0.39 is 0 Å². The maximum atomic E-state index is 2.22. The van der Waals surface area contributed by atoms with E-state index in [2.05, 4.69) is 60.7 Å². The van der Waals surface area contributed by atoms with E-state index in [0.29, 0.717) is 0 Å². The van der Waals surface area contributed by atoms with Crippen LogP contribution in [0.5, 0.6) is 0 Å². The first-order chi connectivity index (χ1) is 7.93. The third kappa shape index (κ3) is 1.79. The third-order valence-electron chi connectivity index (χ3n) is 2.80. The van der Waals surface area contributed by atoms with Gasteiger partial charge in [0.05, 0.1) is 0 Å². The van der Waals surface area contributed by atoms with E-state index in [0.717, 1.165) is 5.75 Å². The average molecular weight is 224 g/mol. The van der Waals surface area contributed by atoms with E-state index in [1.165, 1.54) is 21.6 Å². The van der Waals surface area contributed by atoms with Crippen molar-refractivity contribution in [2.45, 2.75) is 10.6 Å². The molecule has 2 aromatic rings. The van der Waals surface area contributed by atoms with Gasteiger partial charge in [0.1, 0.15) is 0 Å². The van der Waals surface area contributed by atoms with Gasteiger partial charge >= 0.3 is 0 Å². The van der Waals surface area contributed by atoms with Crippen molar-refractivity contribution in [2.24, 2.45) is 0 Å². The van der Waals surface area contributed by atoms with Crippen LogP contribution in [0.1, 0.15) is 16.7 Å². The third-order valence-corrected chi connectivity index (χ3v) is 3.94. The Kier molecular flexibility index (Phi) is 2.55. The van der Waals surface area contributed by atoms with Crippen LogP contribution >= 0.6 is 11.8 Å². The van der Waals surface area contributed by atoms with Crippen molar-refractivity contribution in [3.63, 3.8) is 0 Å². The highest BCUT2D eigenvalue weighted by molar-refractivity contribution is 7.98. The second-order valence-corrected chi connectivity index (χ2v) is 4.88. The second-order valence-electron chi connectivity index (χ2n) is 3.86. The molecule has 0 saturated carbocycles. The quantitative estimate of drug-likeness (QED) is 0.636. The highest BCUT2D eigenvalue weighted by Gasteiger charge is 2.06. The Hall–Kier alpha value is -1.47. The molecule has 0 spiro atoms. The zero-order valence-corrected chi connectivity index (χ0v) is 9.71. The summed E-state index contributed by atoms with van der Waals surface area (Å²) in [6.07, 6.45) is 4.42. The molecule has 0 atom stereocenters. The summed E-state index contributed by atoms with van der Waals surface area (Å²) in [4.78, 5) is 1.37. The minimum Gasteiger partial charge on any atom is -0.121 e. The minimum absolute atomic E-state index is 1.05. The van der Waals surface area contributed by atoms with Crippen molar-refractivity contribution < 1.29 is 0 Å². The van der Waals surface area contributed by atoms with Gasteiger partial charge in [0.2, 0.25) is 0 Å². The van der Waals surface area contributed by atoms with Crippen molar-refractivity contribution >= 4 is 23.9 Å². The molecule has 1 aliphatic heterocycles. The fourth-order valence-corrected chi connectivity index (χ4v) is 2.96. The predicted octanol–water partition coefficient (Wildman–Crippen LogP) is 4.46. The van der Waals surface area contributed by atoms with E-state index in [1.54, 1.807) is 0 Å². The number of thioether (sulfide) groups is 1. The van der Waals surface area contributed by atoms with Crippen LogP contribution in [0.2, 0.25) is 0 Å². The molecule has 1 aliphatic rings. The highest BCUT2D eigenvalue weighted by Crippen LogP contribution is 2.31. The molecular weight excluding hydrogens is 212 g/mol. The van der Waals surface area contributed by atoms with Gasteiger partial charge in [0.15, 0.2) is 0 Å². The van der Waals surface area contributed by atoms with Crippen LogP contribution in [-0.2, 0) is 5.75 Å². The molecule has 0 unspecified atom stereocenters. The van der Waals surface area contributed by atoms with Gasteiger partial charge in [-0.15, -0.1) is 11.8 Å². The van der Waals surface area contributed by atoms with Gasteiger partial charge in [-0.25, -0.2) is 0 Å². The Balaban J connectivity index is 2.10. The molecule has 0 saturated heterocycles. The van der Waals surface area contributed by atoms with E-state index in [4.69, 9.17) is 0 Å². The lowest BCUT2D eigenvalue weighted by Gasteiger charge is -2.11. The summed E-state index contributed by atoms with van der Waals surface area (Å²) < 4.78 is 0. The first kappa shape index (κ1) is 9.73. The first-order valence-corrected chi connectivity index (χ1v) is 6.40. The largest absolute Gasteiger partial charge is 0.121 e. The number of hydrogen-bond acceptors (Lipinski definition) is 1. The normalized spacial score (nSPS) is 15.5. The van der Waals surface area contributed by atoms with E-state index in [-0.39, 0.29) is 0 Å². The smallest absolute Gasteiger partial charge is 0.0238 e. The number of benzene rings is 2. The molecule has 0 aliphatic carbocycles. The summed E-state index contributed by atoms with van der Waals surface area (Å²) in [5, 5.41) is 0. The maximum Gasteiger partial charge on any atom is 0.0238 e. The van der Waals surface area contributed by atoms with Gasteiger partial charge in [0, 0.05) is 10.6 Å². The van der Waals surface area contributed by atoms with Crippen LogP contribution in [0.3, 0.4) is 0 Å². The average Bonchev–Trinajstić information content (AvgIpc) is 2.32. The van der Waals surface area contributed by atoms with Gasteiger partial charge in [0.25, 0.3) is 0 Å². The monoisotopic (exact) mass is 224 g/mol. The summed E-state index contributed by atoms with van der Waals surface area (Å²) in [6, 6.07) is 17.2. The lowest BCUT2D eigenvalue weighted by Crippen LogP contribution is -1.90. The molecule has 16 heavy (non-hydrogen) atoms. The van der Waals surface area contributed by atoms with Gasteiger partial charge in [-0.2, -0.15) is 0 Å². The Morgan fingerprint density at radius 3 is 2.38 bits per heavy atom. The molecule has 2 aromatic carbocycles. The molecule has 0 aromatic heterocycles. The second kappa shape index (κ2) is 4.18. The van der Waals surface area contributed by atoms with Crippen LogP contribution in [0, 0.1) is 0 Å². The van der Waals surface area contributed by atoms with Crippen LogP contribution in [-0.4, -0.2) is 0 Å². The van der Waals surface area contributed by atoms with Crippen molar-refractivity contribution in [3.05, 3.63) is 65.2 Å². The fourth-order valence-electron chi connectivity index (χ4n) is 1.91. The molecule has 0 bridgehead atoms. The molecule has 0 fully saturated rings. The summed E-state index contributed by atoms with van der Waals surface area (Å²) in [7, 11) is 0. The molecule has 1 heteroatoms. The molecular formula is C15H12S. The van der Waals surface area contributed by atoms with Crippen LogP contribution < -0.4 is 0 Å². The van der Waals surface area contributed by atoms with Gasteiger partial charge in [-0.1, -0.05) is 54.6 Å². The molecule has 78 valence electrons. The summed E-state index contributed by atoms with van der Waals surface area (Å²) in [6.45, 7) is 0. The Bertz CT molecular complexity index is 491. The standard InChI is InChI=1S/C15H12S/c1-2-7-14-11-16-15-8-4-3-6-13(15)10-9-12(14)5-1/h1-10H,11H2/b10-9-. The zero-order chi connectivity index (χ0) is 10.8. The summed E-state index contributed by atoms with van der Waals surface area (Å²) in [5.74, 6) is 1.05. The predicted molar refractivity (Wildman–Crippen MR) is 71.4 cm³/mol. The van der Waals surface area contributed by atoms with Gasteiger partial charge in [-0.05, 0) is 22.8 Å². The summed E-state index contributed by atoms with van der Waals surface area (Å²) >= 11 is 1.91. The van der Waals surface area contributed by atoms with E-state index in [9.17, 15) is 0 Å². The van der Waals surface area contributed by atoms with E-state index in [1.807, 2.05) is 11.8 Å². The molecule has 0 radical (unpaired) electrons. The first-order valence-electron chi connectivity index (χ1n) is 5.41. The van der Waals surface area contributed by atoms with Crippen LogP contribution in [0.4, 0.5) is 0 Å². The van der Waals surface area contributed by atoms with Crippen LogP contribution in [0.25, 0.3) is 12.2 Å². The topological polar surface area (TPSA) is 0 Å². The lowest BCUT2D eigenvalue weighted by molar-refractivity contribution is 1.34. The summed E-state index contributed by atoms with van der Waals surface area (Å²) in [5.41, 5.74) is 4.07. The molecule has 1 heterocycles. The highest BCUT2D eigenvalue weighted by atomic mass is 32.2. The Labute approximate surface area is 100 Å². The lowest BCUT2D eigenvalue weighted by atomic mass is 10.1. The number of hydrogen-bond donors (Lipinski definition) is 0. The van der Waals surface area contributed by atoms with E-state index >= 15 is 0 Å². The molecule has 0 nitrogen and oxygen atoms in total. The molecule has 0 amide bonds. The van der Waals surface area contributed by atoms with Crippen molar-refractivity contribution in [1.29, 1.82) is 0 Å². The van der Waals surface area contributed by atoms with Crippen molar-refractivity contribution in [3.8, 4) is 0 Å². The molecule has 0 N–H and O–H groups in total. The molecule has 3 rings (SSSR count). The van der Waals surface area contributed by atoms with Gasteiger partial charge < -0.3 is 0 Å². The minimum atomic E-state index is 1.05.